The topological polar surface area (TPSA) is 55.5 Å². The Morgan fingerprint density at radius 1 is 1.33 bits per heavy atom. The van der Waals surface area contributed by atoms with Crippen molar-refractivity contribution in [1.29, 1.82) is 0 Å². The van der Waals surface area contributed by atoms with Crippen molar-refractivity contribution < 1.29 is 23.0 Å². The highest BCUT2D eigenvalue weighted by atomic mass is 19.4. The molecule has 1 rings (SSSR count). The molecule has 0 amide bonds. The van der Waals surface area contributed by atoms with Gasteiger partial charge in [0.2, 0.25) is 0 Å². The summed E-state index contributed by atoms with van der Waals surface area (Å²) in [6.07, 6.45) is -4.02. The van der Waals surface area contributed by atoms with E-state index in [0.717, 1.165) is 19.3 Å². The lowest BCUT2D eigenvalue weighted by molar-refractivity contribution is -0.222. The fraction of sp³-hybridized carbons (Fsp3) is 1.00. The maximum absolute atomic E-state index is 11.9. The van der Waals surface area contributed by atoms with E-state index in [2.05, 4.69) is 0 Å². The van der Waals surface area contributed by atoms with Gasteiger partial charge in [0.05, 0.1) is 12.7 Å². The molecule has 1 saturated carbocycles. The van der Waals surface area contributed by atoms with E-state index in [-0.39, 0.29) is 12.1 Å². The number of ether oxygens (including phenoxy) is 1. The molecule has 0 spiro atoms. The van der Waals surface area contributed by atoms with E-state index in [1.807, 2.05) is 0 Å². The minimum absolute atomic E-state index is 0.209. The molecule has 0 saturated heterocycles. The first-order chi connectivity index (χ1) is 6.91. The molecule has 6 heteroatoms. The number of aliphatic hydroxyl groups is 1. The van der Waals surface area contributed by atoms with E-state index in [0.29, 0.717) is 6.42 Å². The average molecular weight is 227 g/mol. The van der Waals surface area contributed by atoms with Crippen molar-refractivity contribution in [2.75, 3.05) is 6.61 Å². The number of alkyl halides is 3. The first kappa shape index (κ1) is 12.7. The van der Waals surface area contributed by atoms with E-state index in [4.69, 9.17) is 15.6 Å². The molecule has 90 valence electrons. The Hall–Kier alpha value is -0.330. The molecule has 3 atom stereocenters. The predicted molar refractivity (Wildman–Crippen MR) is 48.2 cm³/mol. The fourth-order valence-corrected chi connectivity index (χ4v) is 1.64. The van der Waals surface area contributed by atoms with Gasteiger partial charge in [0.1, 0.15) is 0 Å². The van der Waals surface area contributed by atoms with Crippen molar-refractivity contribution in [3.05, 3.63) is 0 Å². The fourth-order valence-electron chi connectivity index (χ4n) is 1.64. The summed E-state index contributed by atoms with van der Waals surface area (Å²) in [6.45, 7) is -0.720. The molecule has 0 bridgehead atoms. The summed E-state index contributed by atoms with van der Waals surface area (Å²) in [7, 11) is 0. The zero-order chi connectivity index (χ0) is 11.5. The Balaban J connectivity index is 2.29. The summed E-state index contributed by atoms with van der Waals surface area (Å²) in [4.78, 5) is 0. The van der Waals surface area contributed by atoms with Crippen LogP contribution in [0.4, 0.5) is 13.2 Å². The summed E-state index contributed by atoms with van der Waals surface area (Å²) in [6, 6.07) is -0.209. The van der Waals surface area contributed by atoms with Gasteiger partial charge in [0.25, 0.3) is 0 Å². The van der Waals surface area contributed by atoms with Gasteiger partial charge >= 0.3 is 6.18 Å². The van der Waals surface area contributed by atoms with Crippen molar-refractivity contribution in [2.24, 2.45) is 5.73 Å². The molecule has 0 aliphatic heterocycles. The molecule has 3 N–H and O–H groups in total. The third-order valence-corrected chi connectivity index (χ3v) is 2.60. The monoisotopic (exact) mass is 227 g/mol. The van der Waals surface area contributed by atoms with Gasteiger partial charge in [0, 0.05) is 6.04 Å². The summed E-state index contributed by atoms with van der Waals surface area (Å²) in [5.74, 6) is 0. The molecule has 1 aliphatic carbocycles. The number of aliphatic hydroxyl groups excluding tert-OH is 1. The summed E-state index contributed by atoms with van der Waals surface area (Å²) in [5.41, 5.74) is 5.69. The number of halogens is 3. The Kier molecular flexibility index (Phi) is 4.36. The van der Waals surface area contributed by atoms with Crippen molar-refractivity contribution in [3.63, 3.8) is 0 Å². The van der Waals surface area contributed by atoms with Crippen LogP contribution in [0.2, 0.25) is 0 Å². The molecule has 3 nitrogen and oxygen atoms in total. The summed E-state index contributed by atoms with van der Waals surface area (Å²) >= 11 is 0. The zero-order valence-electron chi connectivity index (χ0n) is 8.33. The van der Waals surface area contributed by atoms with Crippen LogP contribution in [0.25, 0.3) is 0 Å². The van der Waals surface area contributed by atoms with E-state index in [9.17, 15) is 13.2 Å². The summed E-state index contributed by atoms with van der Waals surface area (Å²) < 4.78 is 40.8. The van der Waals surface area contributed by atoms with Gasteiger partial charge in [-0.05, 0) is 12.8 Å². The molecule has 0 aromatic heterocycles. The highest BCUT2D eigenvalue weighted by molar-refractivity contribution is 4.79. The van der Waals surface area contributed by atoms with Gasteiger partial charge in [-0.25, -0.2) is 0 Å². The number of rotatable bonds is 3. The van der Waals surface area contributed by atoms with Crippen molar-refractivity contribution in [2.45, 2.75) is 50.1 Å². The van der Waals surface area contributed by atoms with Crippen LogP contribution < -0.4 is 5.73 Å². The standard InChI is InChI=1S/C9H16F3NO2/c10-9(11,12)8(14)5-15-7-4-2-1-3-6(7)13/h6-8,14H,1-5,13H2. The minimum Gasteiger partial charge on any atom is -0.382 e. The van der Waals surface area contributed by atoms with Crippen LogP contribution in [0, 0.1) is 0 Å². The predicted octanol–water partition coefficient (Wildman–Crippen LogP) is 1.20. The van der Waals surface area contributed by atoms with Gasteiger partial charge < -0.3 is 15.6 Å². The van der Waals surface area contributed by atoms with Crippen LogP contribution in [0.3, 0.4) is 0 Å². The molecule has 0 aromatic carbocycles. The second kappa shape index (κ2) is 5.14. The smallest absolute Gasteiger partial charge is 0.382 e. The van der Waals surface area contributed by atoms with Crippen molar-refractivity contribution >= 4 is 0 Å². The van der Waals surface area contributed by atoms with Crippen LogP contribution >= 0.6 is 0 Å². The molecule has 15 heavy (non-hydrogen) atoms. The molecule has 0 heterocycles. The van der Waals surface area contributed by atoms with Crippen molar-refractivity contribution in [3.8, 4) is 0 Å². The molecular weight excluding hydrogens is 211 g/mol. The maximum atomic E-state index is 11.9. The number of hydrogen-bond acceptors (Lipinski definition) is 3. The lowest BCUT2D eigenvalue weighted by Crippen LogP contribution is -2.42. The van der Waals surface area contributed by atoms with E-state index >= 15 is 0 Å². The minimum atomic E-state index is -4.61. The molecule has 1 fully saturated rings. The van der Waals surface area contributed by atoms with Crippen LogP contribution in [0.15, 0.2) is 0 Å². The van der Waals surface area contributed by atoms with Gasteiger partial charge in [-0.1, -0.05) is 12.8 Å². The summed E-state index contributed by atoms with van der Waals surface area (Å²) in [5, 5.41) is 8.71. The van der Waals surface area contributed by atoms with Gasteiger partial charge in [-0.2, -0.15) is 13.2 Å². The normalized spacial score (nSPS) is 30.2. The van der Waals surface area contributed by atoms with Gasteiger partial charge in [-0.15, -0.1) is 0 Å². The first-order valence-corrected chi connectivity index (χ1v) is 5.03. The number of nitrogens with two attached hydrogens (primary N) is 1. The second-order valence-corrected chi connectivity index (χ2v) is 3.88. The zero-order valence-corrected chi connectivity index (χ0v) is 8.33. The SMILES string of the molecule is NC1CCCCC1OCC(O)C(F)(F)F. The Labute approximate surface area is 86.4 Å². The van der Waals surface area contributed by atoms with Crippen LogP contribution in [-0.4, -0.2) is 36.1 Å². The Morgan fingerprint density at radius 2 is 1.93 bits per heavy atom. The number of hydrogen-bond donors (Lipinski definition) is 2. The van der Waals surface area contributed by atoms with Gasteiger partial charge in [0.15, 0.2) is 6.10 Å². The molecule has 0 radical (unpaired) electrons. The lowest BCUT2D eigenvalue weighted by Gasteiger charge is -2.29. The largest absolute Gasteiger partial charge is 0.416 e. The second-order valence-electron chi connectivity index (χ2n) is 3.88. The Bertz CT molecular complexity index is 198. The van der Waals surface area contributed by atoms with Crippen LogP contribution in [0.5, 0.6) is 0 Å². The van der Waals surface area contributed by atoms with Crippen LogP contribution in [0.1, 0.15) is 25.7 Å². The third kappa shape index (κ3) is 3.96. The quantitative estimate of drug-likeness (QED) is 0.761. The van der Waals surface area contributed by atoms with Crippen molar-refractivity contribution in [1.82, 2.24) is 0 Å². The molecular formula is C9H16F3NO2. The van der Waals surface area contributed by atoms with Gasteiger partial charge in [-0.3, -0.25) is 0 Å². The maximum Gasteiger partial charge on any atom is 0.416 e. The molecule has 0 aromatic rings. The van der Waals surface area contributed by atoms with E-state index in [1.54, 1.807) is 0 Å². The highest BCUT2D eigenvalue weighted by Gasteiger charge is 2.39. The average Bonchev–Trinajstić information content (AvgIpc) is 2.14. The first-order valence-electron chi connectivity index (χ1n) is 5.03. The van der Waals surface area contributed by atoms with Crippen LogP contribution in [-0.2, 0) is 4.74 Å². The molecule has 1 aliphatic rings. The molecule has 3 unspecified atom stereocenters. The van der Waals surface area contributed by atoms with E-state index in [1.165, 1.54) is 0 Å². The lowest BCUT2D eigenvalue weighted by atomic mass is 9.93. The highest BCUT2D eigenvalue weighted by Crippen LogP contribution is 2.23. The third-order valence-electron chi connectivity index (χ3n) is 2.60. The Morgan fingerprint density at radius 3 is 2.47 bits per heavy atom. The van der Waals surface area contributed by atoms with E-state index < -0.39 is 18.9 Å².